The summed E-state index contributed by atoms with van der Waals surface area (Å²) in [7, 11) is 0. The lowest BCUT2D eigenvalue weighted by Crippen LogP contribution is -2.14. The number of phenols is 1. The van der Waals surface area contributed by atoms with Gasteiger partial charge in [-0.2, -0.15) is 0 Å². The highest BCUT2D eigenvalue weighted by atomic mass is 16.3. The van der Waals surface area contributed by atoms with E-state index in [0.717, 1.165) is 5.56 Å². The Kier molecular flexibility index (Phi) is 3.08. The van der Waals surface area contributed by atoms with Crippen LogP contribution in [0.25, 0.3) is 0 Å². The van der Waals surface area contributed by atoms with Crippen LogP contribution in [0.2, 0.25) is 0 Å². The second-order valence-electron chi connectivity index (χ2n) is 2.71. The molecule has 0 aliphatic heterocycles. The van der Waals surface area contributed by atoms with Crippen molar-refractivity contribution in [1.82, 2.24) is 0 Å². The third kappa shape index (κ3) is 2.53. The number of aliphatic hydroxyl groups excluding tert-OH is 2. The van der Waals surface area contributed by atoms with Gasteiger partial charge < -0.3 is 15.3 Å². The fraction of sp³-hybridized carbons (Fsp3) is 0.333. The molecule has 1 rings (SSSR count). The smallest absolute Gasteiger partial charge is 0.115 e. The van der Waals surface area contributed by atoms with Gasteiger partial charge in [-0.05, 0) is 17.7 Å². The third-order valence-electron chi connectivity index (χ3n) is 1.59. The number of hydrogen-bond acceptors (Lipinski definition) is 3. The average molecular weight is 168 g/mol. The molecule has 3 nitrogen and oxygen atoms in total. The Morgan fingerprint density at radius 3 is 2.67 bits per heavy atom. The molecule has 3 heteroatoms. The zero-order valence-corrected chi connectivity index (χ0v) is 6.64. The Hall–Kier alpha value is -1.06. The summed E-state index contributed by atoms with van der Waals surface area (Å²) in [4.78, 5) is 0. The topological polar surface area (TPSA) is 60.7 Å². The van der Waals surface area contributed by atoms with Crippen LogP contribution in [0, 0.1) is 0 Å². The predicted octanol–water partition coefficient (Wildman–Crippen LogP) is 0.288. The molecule has 0 spiro atoms. The van der Waals surface area contributed by atoms with Gasteiger partial charge in [0.1, 0.15) is 5.75 Å². The van der Waals surface area contributed by atoms with E-state index in [1.807, 2.05) is 0 Å². The van der Waals surface area contributed by atoms with Crippen LogP contribution >= 0.6 is 0 Å². The van der Waals surface area contributed by atoms with Crippen LogP contribution in [0.1, 0.15) is 5.56 Å². The maximum absolute atomic E-state index is 9.07. The Bertz CT molecular complexity index is 247. The highest BCUT2D eigenvalue weighted by Gasteiger charge is 2.03. The number of benzene rings is 1. The van der Waals surface area contributed by atoms with Gasteiger partial charge in [0.15, 0.2) is 0 Å². The molecule has 1 aromatic carbocycles. The minimum absolute atomic E-state index is 0.178. The van der Waals surface area contributed by atoms with Crippen LogP contribution in [-0.4, -0.2) is 28.0 Å². The maximum atomic E-state index is 9.07. The lowest BCUT2D eigenvalue weighted by Gasteiger charge is -2.06. The van der Waals surface area contributed by atoms with Crippen molar-refractivity contribution in [3.05, 3.63) is 29.8 Å². The average Bonchev–Trinajstić information content (AvgIpc) is 2.04. The molecule has 0 saturated heterocycles. The lowest BCUT2D eigenvalue weighted by atomic mass is 10.1. The monoisotopic (exact) mass is 168 g/mol. The summed E-state index contributed by atoms with van der Waals surface area (Å²) in [5, 5.41) is 26.7. The minimum atomic E-state index is -0.744. The van der Waals surface area contributed by atoms with E-state index in [9.17, 15) is 0 Å². The van der Waals surface area contributed by atoms with Crippen LogP contribution in [0.15, 0.2) is 24.3 Å². The Morgan fingerprint density at radius 1 is 1.33 bits per heavy atom. The number of hydrogen-bond donors (Lipinski definition) is 3. The molecular weight excluding hydrogens is 156 g/mol. The van der Waals surface area contributed by atoms with Crippen LogP contribution in [0.5, 0.6) is 5.75 Å². The Balaban J connectivity index is 2.63. The van der Waals surface area contributed by atoms with Crippen molar-refractivity contribution in [2.24, 2.45) is 0 Å². The largest absolute Gasteiger partial charge is 0.508 e. The first-order chi connectivity index (χ1) is 5.72. The summed E-state index contributed by atoms with van der Waals surface area (Å²) in [6.07, 6.45) is -0.378. The number of aromatic hydroxyl groups is 1. The zero-order valence-electron chi connectivity index (χ0n) is 6.64. The molecule has 3 N–H and O–H groups in total. The quantitative estimate of drug-likeness (QED) is 0.607. The predicted molar refractivity (Wildman–Crippen MR) is 44.9 cm³/mol. The first kappa shape index (κ1) is 9.03. The van der Waals surface area contributed by atoms with Crippen molar-refractivity contribution in [3.8, 4) is 5.75 Å². The second-order valence-corrected chi connectivity index (χ2v) is 2.71. The van der Waals surface area contributed by atoms with E-state index in [2.05, 4.69) is 0 Å². The standard InChI is InChI=1S/C9H12O3/c10-6-9(12)5-7-2-1-3-8(11)4-7/h1-4,9-12H,5-6H2. The van der Waals surface area contributed by atoms with Crippen molar-refractivity contribution in [2.75, 3.05) is 6.61 Å². The highest BCUT2D eigenvalue weighted by Crippen LogP contribution is 2.12. The van der Waals surface area contributed by atoms with Crippen LogP contribution in [0.3, 0.4) is 0 Å². The van der Waals surface area contributed by atoms with E-state index in [-0.39, 0.29) is 12.4 Å². The molecule has 0 fully saturated rings. The summed E-state index contributed by atoms with van der Waals surface area (Å²) in [6.45, 7) is -0.254. The normalized spacial score (nSPS) is 12.8. The first-order valence-electron chi connectivity index (χ1n) is 3.79. The summed E-state index contributed by atoms with van der Waals surface area (Å²) in [5.41, 5.74) is 0.816. The van der Waals surface area contributed by atoms with Gasteiger partial charge >= 0.3 is 0 Å². The molecule has 0 heterocycles. The van der Waals surface area contributed by atoms with E-state index in [1.165, 1.54) is 0 Å². The van der Waals surface area contributed by atoms with Gasteiger partial charge in [0, 0.05) is 6.42 Å². The Morgan fingerprint density at radius 2 is 2.08 bits per heavy atom. The van der Waals surface area contributed by atoms with Crippen molar-refractivity contribution < 1.29 is 15.3 Å². The van der Waals surface area contributed by atoms with Crippen molar-refractivity contribution >= 4 is 0 Å². The van der Waals surface area contributed by atoms with Crippen molar-refractivity contribution in [2.45, 2.75) is 12.5 Å². The first-order valence-corrected chi connectivity index (χ1v) is 3.79. The van der Waals surface area contributed by atoms with Gasteiger partial charge in [0.2, 0.25) is 0 Å². The number of rotatable bonds is 3. The highest BCUT2D eigenvalue weighted by molar-refractivity contribution is 5.27. The van der Waals surface area contributed by atoms with E-state index in [1.54, 1.807) is 24.3 Å². The third-order valence-corrected chi connectivity index (χ3v) is 1.59. The van der Waals surface area contributed by atoms with Gasteiger partial charge in [0.25, 0.3) is 0 Å². The van der Waals surface area contributed by atoms with Crippen LogP contribution < -0.4 is 0 Å². The van der Waals surface area contributed by atoms with Gasteiger partial charge in [0.05, 0.1) is 12.7 Å². The van der Waals surface area contributed by atoms with E-state index >= 15 is 0 Å². The molecular formula is C9H12O3. The van der Waals surface area contributed by atoms with Gasteiger partial charge in [-0.25, -0.2) is 0 Å². The molecule has 0 aliphatic rings. The zero-order chi connectivity index (χ0) is 8.97. The molecule has 0 radical (unpaired) electrons. The SMILES string of the molecule is OCC(O)Cc1cccc(O)c1. The molecule has 1 unspecified atom stereocenters. The molecule has 0 bridgehead atoms. The molecule has 12 heavy (non-hydrogen) atoms. The van der Waals surface area contributed by atoms with Crippen molar-refractivity contribution in [1.29, 1.82) is 0 Å². The Labute approximate surface area is 70.9 Å². The van der Waals surface area contributed by atoms with E-state index in [0.29, 0.717) is 6.42 Å². The van der Waals surface area contributed by atoms with E-state index in [4.69, 9.17) is 15.3 Å². The minimum Gasteiger partial charge on any atom is -0.508 e. The summed E-state index contributed by atoms with van der Waals surface area (Å²) in [5.74, 6) is 0.178. The van der Waals surface area contributed by atoms with E-state index < -0.39 is 6.10 Å². The second kappa shape index (κ2) is 4.09. The molecule has 1 atom stereocenters. The fourth-order valence-corrected chi connectivity index (χ4v) is 1.02. The van der Waals surface area contributed by atoms with Gasteiger partial charge in [-0.15, -0.1) is 0 Å². The van der Waals surface area contributed by atoms with Crippen molar-refractivity contribution in [3.63, 3.8) is 0 Å². The van der Waals surface area contributed by atoms with Crippen LogP contribution in [-0.2, 0) is 6.42 Å². The van der Waals surface area contributed by atoms with Crippen LogP contribution in [0.4, 0.5) is 0 Å². The molecule has 1 aromatic rings. The number of phenolic OH excluding ortho intramolecular Hbond substituents is 1. The summed E-state index contributed by atoms with van der Waals surface area (Å²) < 4.78 is 0. The molecule has 0 saturated carbocycles. The molecule has 0 aromatic heterocycles. The maximum Gasteiger partial charge on any atom is 0.115 e. The van der Waals surface area contributed by atoms with Gasteiger partial charge in [-0.1, -0.05) is 12.1 Å². The lowest BCUT2D eigenvalue weighted by molar-refractivity contribution is 0.0955. The fourth-order valence-electron chi connectivity index (χ4n) is 1.02. The molecule has 66 valence electrons. The summed E-state index contributed by atoms with van der Waals surface area (Å²) >= 11 is 0. The number of aliphatic hydroxyl groups is 2. The van der Waals surface area contributed by atoms with Gasteiger partial charge in [-0.3, -0.25) is 0 Å². The molecule has 0 aliphatic carbocycles. The molecule has 0 amide bonds. The summed E-state index contributed by atoms with van der Waals surface area (Å²) in [6, 6.07) is 6.63.